The van der Waals surface area contributed by atoms with E-state index in [9.17, 15) is 0 Å². The van der Waals surface area contributed by atoms with E-state index in [1.165, 1.54) is 18.4 Å². The van der Waals surface area contributed by atoms with Gasteiger partial charge in [0.1, 0.15) is 17.5 Å². The number of nitrogens with zero attached hydrogens (tertiary/aromatic N) is 3. The summed E-state index contributed by atoms with van der Waals surface area (Å²) in [5, 5.41) is 3.35. The van der Waals surface area contributed by atoms with Gasteiger partial charge in [-0.15, -0.1) is 0 Å². The second-order valence-corrected chi connectivity index (χ2v) is 5.42. The summed E-state index contributed by atoms with van der Waals surface area (Å²) in [5.74, 6) is 2.58. The fourth-order valence-corrected chi connectivity index (χ4v) is 2.11. The third-order valence-corrected chi connectivity index (χ3v) is 3.39. The summed E-state index contributed by atoms with van der Waals surface area (Å²) < 4.78 is 0. The quantitative estimate of drug-likeness (QED) is 0.868. The fourth-order valence-electron chi connectivity index (χ4n) is 2.11. The van der Waals surface area contributed by atoms with Crippen molar-refractivity contribution < 1.29 is 0 Å². The maximum atomic E-state index is 4.52. The van der Waals surface area contributed by atoms with Crippen molar-refractivity contribution in [2.45, 2.75) is 33.6 Å². The van der Waals surface area contributed by atoms with Gasteiger partial charge in [0.15, 0.2) is 0 Å². The molecule has 112 valence electrons. The van der Waals surface area contributed by atoms with Crippen LogP contribution in [-0.2, 0) is 0 Å². The lowest BCUT2D eigenvalue weighted by Crippen LogP contribution is -2.20. The van der Waals surface area contributed by atoms with Crippen molar-refractivity contribution >= 4 is 17.3 Å². The average molecular weight is 284 g/mol. The van der Waals surface area contributed by atoms with Crippen molar-refractivity contribution in [2.24, 2.45) is 0 Å². The van der Waals surface area contributed by atoms with Crippen LogP contribution in [-0.4, -0.2) is 23.6 Å². The molecule has 0 aliphatic carbocycles. The van der Waals surface area contributed by atoms with Crippen LogP contribution in [0.15, 0.2) is 30.3 Å². The Hall–Kier alpha value is -2.10. The number of anilines is 3. The normalized spacial score (nSPS) is 10.5. The van der Waals surface area contributed by atoms with Gasteiger partial charge >= 0.3 is 0 Å². The van der Waals surface area contributed by atoms with E-state index in [-0.39, 0.29) is 0 Å². The standard InChI is InChI=1S/C17H24N4/c1-5-6-11-21(4)17-12-16(18-14(3)19-17)20-15-9-7-13(2)8-10-15/h7-10,12H,5-6,11H2,1-4H3,(H,18,19,20). The van der Waals surface area contributed by atoms with Crippen molar-refractivity contribution in [3.05, 3.63) is 41.7 Å². The molecule has 4 heteroatoms. The number of hydrogen-bond donors (Lipinski definition) is 1. The third kappa shape index (κ3) is 4.45. The van der Waals surface area contributed by atoms with Gasteiger partial charge in [-0.3, -0.25) is 0 Å². The van der Waals surface area contributed by atoms with Crippen LogP contribution in [0.5, 0.6) is 0 Å². The summed E-state index contributed by atoms with van der Waals surface area (Å²) >= 11 is 0. The molecule has 0 saturated carbocycles. The van der Waals surface area contributed by atoms with Crippen LogP contribution in [0, 0.1) is 13.8 Å². The van der Waals surface area contributed by atoms with Gasteiger partial charge in [0, 0.05) is 25.3 Å². The zero-order valence-corrected chi connectivity index (χ0v) is 13.3. The molecular formula is C17H24N4. The Morgan fingerprint density at radius 2 is 1.81 bits per heavy atom. The smallest absolute Gasteiger partial charge is 0.136 e. The molecule has 1 N–H and O–H groups in total. The van der Waals surface area contributed by atoms with E-state index in [1.807, 2.05) is 13.0 Å². The number of rotatable bonds is 6. The highest BCUT2D eigenvalue weighted by molar-refractivity contribution is 5.59. The fraction of sp³-hybridized carbons (Fsp3) is 0.412. The first kappa shape index (κ1) is 15.3. The highest BCUT2D eigenvalue weighted by atomic mass is 15.2. The van der Waals surface area contributed by atoms with Crippen LogP contribution in [0.4, 0.5) is 17.3 Å². The zero-order valence-electron chi connectivity index (χ0n) is 13.3. The summed E-state index contributed by atoms with van der Waals surface area (Å²) in [5.41, 5.74) is 2.29. The second-order valence-electron chi connectivity index (χ2n) is 5.42. The van der Waals surface area contributed by atoms with E-state index in [1.54, 1.807) is 0 Å². The van der Waals surface area contributed by atoms with E-state index >= 15 is 0 Å². The van der Waals surface area contributed by atoms with Crippen LogP contribution >= 0.6 is 0 Å². The summed E-state index contributed by atoms with van der Waals surface area (Å²) in [4.78, 5) is 11.2. The Morgan fingerprint density at radius 3 is 2.48 bits per heavy atom. The van der Waals surface area contributed by atoms with Gasteiger partial charge in [-0.05, 0) is 32.4 Å². The second kappa shape index (κ2) is 7.07. The molecule has 0 fully saturated rings. The Kier molecular flexibility index (Phi) is 5.14. The van der Waals surface area contributed by atoms with Gasteiger partial charge in [0.25, 0.3) is 0 Å². The van der Waals surface area contributed by atoms with Crippen LogP contribution in [0.2, 0.25) is 0 Å². The Balaban J connectivity index is 2.16. The molecule has 0 atom stereocenters. The molecular weight excluding hydrogens is 260 g/mol. The molecule has 0 bridgehead atoms. The largest absolute Gasteiger partial charge is 0.360 e. The minimum absolute atomic E-state index is 0.783. The van der Waals surface area contributed by atoms with Gasteiger partial charge in [-0.2, -0.15) is 0 Å². The van der Waals surface area contributed by atoms with Crippen LogP contribution in [0.3, 0.4) is 0 Å². The molecule has 1 aromatic carbocycles. The number of nitrogens with one attached hydrogen (secondary N) is 1. The van der Waals surface area contributed by atoms with Crippen LogP contribution in [0.1, 0.15) is 31.2 Å². The first-order valence-electron chi connectivity index (χ1n) is 7.49. The number of aromatic nitrogens is 2. The number of aryl methyl sites for hydroxylation is 2. The molecule has 0 spiro atoms. The number of hydrogen-bond acceptors (Lipinski definition) is 4. The molecule has 21 heavy (non-hydrogen) atoms. The molecule has 0 unspecified atom stereocenters. The summed E-state index contributed by atoms with van der Waals surface area (Å²) in [6.45, 7) is 7.22. The van der Waals surface area contributed by atoms with Gasteiger partial charge in [-0.1, -0.05) is 31.0 Å². The Morgan fingerprint density at radius 1 is 1.10 bits per heavy atom. The SMILES string of the molecule is CCCCN(C)c1cc(Nc2ccc(C)cc2)nc(C)n1. The molecule has 0 aliphatic rings. The Labute approximate surface area is 127 Å². The predicted octanol–water partition coefficient (Wildman–Crippen LogP) is 4.07. The lowest BCUT2D eigenvalue weighted by atomic mass is 10.2. The molecule has 2 aromatic rings. The molecule has 0 amide bonds. The summed E-state index contributed by atoms with van der Waals surface area (Å²) in [6, 6.07) is 10.3. The molecule has 2 rings (SSSR count). The van der Waals surface area contributed by atoms with Gasteiger partial charge < -0.3 is 10.2 Å². The minimum Gasteiger partial charge on any atom is -0.360 e. The summed E-state index contributed by atoms with van der Waals surface area (Å²) in [7, 11) is 2.08. The highest BCUT2D eigenvalue weighted by Crippen LogP contribution is 2.19. The third-order valence-electron chi connectivity index (χ3n) is 3.39. The molecule has 0 saturated heterocycles. The lowest BCUT2D eigenvalue weighted by molar-refractivity contribution is 0.756. The molecule has 1 aromatic heterocycles. The van der Waals surface area contributed by atoms with Gasteiger partial charge in [0.05, 0.1) is 0 Å². The average Bonchev–Trinajstić information content (AvgIpc) is 2.46. The molecule has 4 nitrogen and oxygen atoms in total. The van der Waals surface area contributed by atoms with Crippen molar-refractivity contribution in [1.82, 2.24) is 9.97 Å². The number of benzene rings is 1. The molecule has 0 aliphatic heterocycles. The van der Waals surface area contributed by atoms with E-state index < -0.39 is 0 Å². The maximum absolute atomic E-state index is 4.52. The first-order chi connectivity index (χ1) is 10.1. The summed E-state index contributed by atoms with van der Waals surface area (Å²) in [6.07, 6.45) is 2.35. The zero-order chi connectivity index (χ0) is 15.2. The van der Waals surface area contributed by atoms with Crippen LogP contribution < -0.4 is 10.2 Å². The Bertz CT molecular complexity index is 578. The highest BCUT2D eigenvalue weighted by Gasteiger charge is 2.06. The van der Waals surface area contributed by atoms with Gasteiger partial charge in [-0.25, -0.2) is 9.97 Å². The van der Waals surface area contributed by atoms with Crippen LogP contribution in [0.25, 0.3) is 0 Å². The topological polar surface area (TPSA) is 41.0 Å². The predicted molar refractivity (Wildman–Crippen MR) is 89.4 cm³/mol. The van der Waals surface area contributed by atoms with Crippen molar-refractivity contribution in [3.8, 4) is 0 Å². The minimum atomic E-state index is 0.783. The van der Waals surface area contributed by atoms with E-state index in [4.69, 9.17) is 0 Å². The first-order valence-corrected chi connectivity index (χ1v) is 7.49. The van der Waals surface area contributed by atoms with E-state index in [0.717, 1.165) is 29.7 Å². The lowest BCUT2D eigenvalue weighted by Gasteiger charge is -2.19. The monoisotopic (exact) mass is 284 g/mol. The maximum Gasteiger partial charge on any atom is 0.136 e. The van der Waals surface area contributed by atoms with E-state index in [0.29, 0.717) is 0 Å². The molecule has 1 heterocycles. The van der Waals surface area contributed by atoms with Crippen molar-refractivity contribution in [2.75, 3.05) is 23.8 Å². The molecule has 0 radical (unpaired) electrons. The van der Waals surface area contributed by atoms with Gasteiger partial charge in [0.2, 0.25) is 0 Å². The number of unbranched alkanes of at least 4 members (excludes halogenated alkanes) is 1. The van der Waals surface area contributed by atoms with Crippen molar-refractivity contribution in [3.63, 3.8) is 0 Å². The van der Waals surface area contributed by atoms with E-state index in [2.05, 4.69) is 65.3 Å². The van der Waals surface area contributed by atoms with Crippen molar-refractivity contribution in [1.29, 1.82) is 0 Å².